The standard InChI is InChI=1S/C21H27N3O3/c1-16(27-15-17-7-6-8-19(13-17)26-2)21(25)23-18-9-10-20(22-14-18)24-11-4-3-5-12-24/h6-10,13-14,16H,3-5,11-12,15H2,1-2H3,(H,23,25)/t16-/m1/s1. The average molecular weight is 369 g/mol. The van der Waals surface area contributed by atoms with Gasteiger partial charge in [0.25, 0.3) is 5.91 Å². The Morgan fingerprint density at radius 2 is 2.04 bits per heavy atom. The summed E-state index contributed by atoms with van der Waals surface area (Å²) >= 11 is 0. The fraction of sp³-hybridized carbons (Fsp3) is 0.429. The molecule has 0 saturated carbocycles. The number of benzene rings is 1. The lowest BCUT2D eigenvalue weighted by Crippen LogP contribution is -2.30. The minimum absolute atomic E-state index is 0.189. The Balaban J connectivity index is 1.50. The van der Waals surface area contributed by atoms with Gasteiger partial charge in [0.15, 0.2) is 0 Å². The van der Waals surface area contributed by atoms with Crippen molar-refractivity contribution in [2.45, 2.75) is 38.9 Å². The zero-order chi connectivity index (χ0) is 19.1. The maximum Gasteiger partial charge on any atom is 0.253 e. The summed E-state index contributed by atoms with van der Waals surface area (Å²) in [5.74, 6) is 1.55. The number of aromatic nitrogens is 1. The molecule has 1 aromatic carbocycles. The van der Waals surface area contributed by atoms with Crippen molar-refractivity contribution in [3.05, 3.63) is 48.2 Å². The highest BCUT2D eigenvalue weighted by Gasteiger charge is 2.15. The maximum absolute atomic E-state index is 12.3. The van der Waals surface area contributed by atoms with Crippen molar-refractivity contribution in [1.82, 2.24) is 4.98 Å². The van der Waals surface area contributed by atoms with Crippen molar-refractivity contribution in [3.8, 4) is 5.75 Å². The van der Waals surface area contributed by atoms with Gasteiger partial charge in [-0.15, -0.1) is 0 Å². The number of pyridine rings is 1. The first kappa shape index (κ1) is 19.2. The number of amides is 1. The number of ether oxygens (including phenoxy) is 2. The Hall–Kier alpha value is -2.60. The molecular weight excluding hydrogens is 342 g/mol. The molecule has 0 bridgehead atoms. The van der Waals surface area contributed by atoms with Crippen LogP contribution in [0.3, 0.4) is 0 Å². The van der Waals surface area contributed by atoms with Gasteiger partial charge in [0.2, 0.25) is 0 Å². The molecule has 1 saturated heterocycles. The van der Waals surface area contributed by atoms with Gasteiger partial charge in [-0.3, -0.25) is 4.79 Å². The Labute approximate surface area is 160 Å². The molecule has 1 aromatic heterocycles. The molecule has 1 N–H and O–H groups in total. The van der Waals surface area contributed by atoms with Gasteiger partial charge in [0.1, 0.15) is 17.7 Å². The number of rotatable bonds is 7. The van der Waals surface area contributed by atoms with E-state index in [-0.39, 0.29) is 5.91 Å². The fourth-order valence-corrected chi connectivity index (χ4v) is 3.07. The monoisotopic (exact) mass is 369 g/mol. The maximum atomic E-state index is 12.3. The molecule has 27 heavy (non-hydrogen) atoms. The lowest BCUT2D eigenvalue weighted by molar-refractivity contribution is -0.127. The third-order valence-electron chi connectivity index (χ3n) is 4.70. The molecule has 1 atom stereocenters. The van der Waals surface area contributed by atoms with Crippen LogP contribution < -0.4 is 15.0 Å². The third-order valence-corrected chi connectivity index (χ3v) is 4.70. The van der Waals surface area contributed by atoms with Crippen LogP contribution >= 0.6 is 0 Å². The Bertz CT molecular complexity index is 743. The van der Waals surface area contributed by atoms with Gasteiger partial charge in [-0.1, -0.05) is 12.1 Å². The predicted octanol–water partition coefficient (Wildman–Crippen LogP) is 3.62. The van der Waals surface area contributed by atoms with Crippen LogP contribution in [-0.4, -0.2) is 37.2 Å². The van der Waals surface area contributed by atoms with E-state index in [4.69, 9.17) is 9.47 Å². The molecule has 0 spiro atoms. The molecular formula is C21H27N3O3. The second-order valence-electron chi connectivity index (χ2n) is 6.75. The Kier molecular flexibility index (Phi) is 6.65. The number of hydrogen-bond donors (Lipinski definition) is 1. The van der Waals surface area contributed by atoms with Crippen molar-refractivity contribution in [2.75, 3.05) is 30.4 Å². The summed E-state index contributed by atoms with van der Waals surface area (Å²) in [5, 5.41) is 2.86. The van der Waals surface area contributed by atoms with E-state index in [1.54, 1.807) is 20.2 Å². The van der Waals surface area contributed by atoms with E-state index in [0.29, 0.717) is 12.3 Å². The fourth-order valence-electron chi connectivity index (χ4n) is 3.07. The molecule has 144 valence electrons. The summed E-state index contributed by atoms with van der Waals surface area (Å²) in [7, 11) is 1.63. The molecule has 1 aliphatic heterocycles. The molecule has 0 aliphatic carbocycles. The summed E-state index contributed by atoms with van der Waals surface area (Å²) in [6.07, 6.45) is 4.84. The number of piperidine rings is 1. The predicted molar refractivity (Wildman–Crippen MR) is 106 cm³/mol. The number of methoxy groups -OCH3 is 1. The molecule has 3 rings (SSSR count). The van der Waals surface area contributed by atoms with E-state index in [1.807, 2.05) is 36.4 Å². The lowest BCUT2D eigenvalue weighted by atomic mass is 10.1. The summed E-state index contributed by atoms with van der Waals surface area (Å²) < 4.78 is 10.9. The normalized spacial score (nSPS) is 15.3. The molecule has 0 unspecified atom stereocenters. The van der Waals surface area contributed by atoms with Gasteiger partial charge in [0.05, 0.1) is 25.6 Å². The van der Waals surface area contributed by atoms with E-state index >= 15 is 0 Å². The van der Waals surface area contributed by atoms with Crippen LogP contribution in [0.15, 0.2) is 42.6 Å². The van der Waals surface area contributed by atoms with Crippen LogP contribution in [-0.2, 0) is 16.1 Å². The highest BCUT2D eigenvalue weighted by molar-refractivity contribution is 5.93. The largest absolute Gasteiger partial charge is 0.497 e. The topological polar surface area (TPSA) is 63.7 Å². The molecule has 1 amide bonds. The van der Waals surface area contributed by atoms with Crippen molar-refractivity contribution in [2.24, 2.45) is 0 Å². The summed E-state index contributed by atoms with van der Waals surface area (Å²) in [4.78, 5) is 19.1. The van der Waals surface area contributed by atoms with E-state index in [0.717, 1.165) is 30.2 Å². The highest BCUT2D eigenvalue weighted by Crippen LogP contribution is 2.19. The summed E-state index contributed by atoms with van der Waals surface area (Å²) in [5.41, 5.74) is 1.64. The zero-order valence-corrected chi connectivity index (χ0v) is 16.0. The van der Waals surface area contributed by atoms with Crippen molar-refractivity contribution in [3.63, 3.8) is 0 Å². The molecule has 6 nitrogen and oxygen atoms in total. The molecule has 1 aliphatic rings. The first-order valence-corrected chi connectivity index (χ1v) is 9.42. The van der Waals surface area contributed by atoms with E-state index in [2.05, 4.69) is 15.2 Å². The Morgan fingerprint density at radius 1 is 1.22 bits per heavy atom. The zero-order valence-electron chi connectivity index (χ0n) is 16.0. The van der Waals surface area contributed by atoms with Crippen LogP contribution in [0.25, 0.3) is 0 Å². The molecule has 2 aromatic rings. The minimum atomic E-state index is -0.571. The number of nitrogens with zero attached hydrogens (tertiary/aromatic N) is 2. The van der Waals surface area contributed by atoms with Crippen molar-refractivity contribution < 1.29 is 14.3 Å². The molecule has 0 radical (unpaired) electrons. The van der Waals surface area contributed by atoms with Crippen LogP contribution in [0.2, 0.25) is 0 Å². The summed E-state index contributed by atoms with van der Waals surface area (Å²) in [6, 6.07) is 11.5. The molecule has 2 heterocycles. The van der Waals surface area contributed by atoms with Gasteiger partial charge in [0, 0.05) is 13.1 Å². The van der Waals surface area contributed by atoms with Gasteiger partial charge in [-0.25, -0.2) is 4.98 Å². The number of nitrogens with one attached hydrogen (secondary N) is 1. The van der Waals surface area contributed by atoms with E-state index in [9.17, 15) is 4.79 Å². The third kappa shape index (κ3) is 5.44. The van der Waals surface area contributed by atoms with Crippen LogP contribution in [0.1, 0.15) is 31.7 Å². The Morgan fingerprint density at radius 3 is 2.74 bits per heavy atom. The summed E-state index contributed by atoms with van der Waals surface area (Å²) in [6.45, 7) is 4.19. The lowest BCUT2D eigenvalue weighted by Gasteiger charge is -2.27. The number of carbonyl (C=O) groups is 1. The SMILES string of the molecule is COc1cccc(CO[C@H](C)C(=O)Nc2ccc(N3CCCCC3)nc2)c1. The van der Waals surface area contributed by atoms with E-state index in [1.165, 1.54) is 19.3 Å². The van der Waals surface area contributed by atoms with Gasteiger partial charge < -0.3 is 19.7 Å². The van der Waals surface area contributed by atoms with Crippen molar-refractivity contribution in [1.29, 1.82) is 0 Å². The van der Waals surface area contributed by atoms with Crippen LogP contribution in [0.4, 0.5) is 11.5 Å². The quantitative estimate of drug-likeness (QED) is 0.807. The van der Waals surface area contributed by atoms with Crippen LogP contribution in [0, 0.1) is 0 Å². The van der Waals surface area contributed by atoms with Gasteiger partial charge >= 0.3 is 0 Å². The average Bonchev–Trinajstić information content (AvgIpc) is 2.73. The first-order valence-electron chi connectivity index (χ1n) is 9.42. The first-order chi connectivity index (χ1) is 13.2. The second-order valence-corrected chi connectivity index (χ2v) is 6.75. The van der Waals surface area contributed by atoms with E-state index < -0.39 is 6.10 Å². The van der Waals surface area contributed by atoms with Crippen molar-refractivity contribution >= 4 is 17.4 Å². The number of anilines is 2. The minimum Gasteiger partial charge on any atom is -0.497 e. The smallest absolute Gasteiger partial charge is 0.253 e. The van der Waals surface area contributed by atoms with Gasteiger partial charge in [-0.2, -0.15) is 0 Å². The highest BCUT2D eigenvalue weighted by atomic mass is 16.5. The van der Waals surface area contributed by atoms with Gasteiger partial charge in [-0.05, 0) is 56.0 Å². The number of carbonyl (C=O) groups excluding carboxylic acids is 1. The molecule has 6 heteroatoms. The molecule has 1 fully saturated rings. The van der Waals surface area contributed by atoms with Crippen LogP contribution in [0.5, 0.6) is 5.75 Å². The number of hydrogen-bond acceptors (Lipinski definition) is 5. The second kappa shape index (κ2) is 9.37.